The van der Waals surface area contributed by atoms with Crippen LogP contribution in [0.2, 0.25) is 5.28 Å². The van der Waals surface area contributed by atoms with Crippen LogP contribution < -0.4 is 4.74 Å². The van der Waals surface area contributed by atoms with Crippen molar-refractivity contribution in [2.45, 2.75) is 71.1 Å². The van der Waals surface area contributed by atoms with E-state index in [2.05, 4.69) is 22.0 Å². The highest BCUT2D eigenvalue weighted by Gasteiger charge is 2.27. The minimum absolute atomic E-state index is 0.0403. The summed E-state index contributed by atoms with van der Waals surface area (Å²) in [4.78, 5) is 19.5. The third kappa shape index (κ3) is 5.41. The first-order valence-electron chi connectivity index (χ1n) is 11.3. The predicted octanol–water partition coefficient (Wildman–Crippen LogP) is 4.14. The number of nitrogens with zero attached hydrogens (tertiary/aromatic N) is 7. The summed E-state index contributed by atoms with van der Waals surface area (Å²) in [5.41, 5.74) is 1.51. The number of nitro groups is 1. The van der Waals surface area contributed by atoms with E-state index >= 15 is 0 Å². The molecule has 0 radical (unpaired) electrons. The van der Waals surface area contributed by atoms with Crippen molar-refractivity contribution in [3.8, 4) is 5.88 Å². The summed E-state index contributed by atoms with van der Waals surface area (Å²) in [5, 5.41) is 21.6. The third-order valence-corrected chi connectivity index (χ3v) is 5.95. The number of rotatable bonds is 10. The number of aromatic nitrogens is 6. The maximum Gasteiger partial charge on any atom is 0.350 e. The van der Waals surface area contributed by atoms with Gasteiger partial charge in [-0.25, -0.2) is 9.67 Å². The van der Waals surface area contributed by atoms with E-state index in [4.69, 9.17) is 26.2 Å². The van der Waals surface area contributed by atoms with Crippen LogP contribution >= 0.6 is 11.6 Å². The van der Waals surface area contributed by atoms with E-state index < -0.39 is 4.92 Å². The molecule has 0 aromatic carbocycles. The molecule has 2 atom stereocenters. The maximum atomic E-state index is 11.5. The number of halogens is 1. The van der Waals surface area contributed by atoms with Gasteiger partial charge in [-0.2, -0.15) is 10.1 Å². The van der Waals surface area contributed by atoms with Gasteiger partial charge in [0.25, 0.3) is 0 Å². The van der Waals surface area contributed by atoms with E-state index in [0.29, 0.717) is 25.2 Å². The molecule has 2 unspecified atom stereocenters. The summed E-state index contributed by atoms with van der Waals surface area (Å²) < 4.78 is 14.7. The van der Waals surface area contributed by atoms with Gasteiger partial charge >= 0.3 is 11.6 Å². The van der Waals surface area contributed by atoms with Crippen LogP contribution in [0.1, 0.15) is 57.7 Å². The topological polar surface area (TPSA) is 123 Å². The van der Waals surface area contributed by atoms with Crippen molar-refractivity contribution in [2.75, 3.05) is 13.2 Å². The lowest BCUT2D eigenvalue weighted by Crippen LogP contribution is -2.25. The number of aryl methyl sites for hydroxylation is 2. The summed E-state index contributed by atoms with van der Waals surface area (Å²) in [6.45, 7) is 5.52. The quantitative estimate of drug-likeness (QED) is 0.185. The van der Waals surface area contributed by atoms with Crippen LogP contribution in [0.5, 0.6) is 5.88 Å². The molecule has 1 fully saturated rings. The summed E-state index contributed by atoms with van der Waals surface area (Å²) in [6, 6.07) is 0.0613. The fraction of sp³-hybridized carbons (Fsp3) is 0.619. The van der Waals surface area contributed by atoms with E-state index in [1.165, 1.54) is 6.20 Å². The highest BCUT2D eigenvalue weighted by Crippen LogP contribution is 2.31. The Morgan fingerprint density at radius 1 is 1.36 bits per heavy atom. The van der Waals surface area contributed by atoms with E-state index in [-0.39, 0.29) is 35.6 Å². The molecule has 11 nitrogen and oxygen atoms in total. The first kappa shape index (κ1) is 23.4. The fourth-order valence-electron chi connectivity index (χ4n) is 4.06. The Hall–Kier alpha value is -2.79. The first-order valence-corrected chi connectivity index (χ1v) is 11.7. The van der Waals surface area contributed by atoms with E-state index in [9.17, 15) is 10.1 Å². The van der Waals surface area contributed by atoms with Crippen LogP contribution in [0.3, 0.4) is 0 Å². The van der Waals surface area contributed by atoms with E-state index in [1.807, 2.05) is 6.92 Å². The largest absolute Gasteiger partial charge is 0.472 e. The second kappa shape index (κ2) is 10.4. The Bertz CT molecular complexity index is 1120. The molecule has 0 bridgehead atoms. The van der Waals surface area contributed by atoms with Gasteiger partial charge in [-0.1, -0.05) is 13.3 Å². The van der Waals surface area contributed by atoms with Gasteiger partial charge in [-0.3, -0.25) is 14.8 Å². The molecule has 1 saturated heterocycles. The Morgan fingerprint density at radius 3 is 2.97 bits per heavy atom. The van der Waals surface area contributed by atoms with Crippen molar-refractivity contribution in [1.82, 2.24) is 29.5 Å². The molecular weight excluding hydrogens is 450 g/mol. The second-order valence-electron chi connectivity index (χ2n) is 8.27. The van der Waals surface area contributed by atoms with Crippen LogP contribution in [-0.2, 0) is 17.7 Å². The van der Waals surface area contributed by atoms with Crippen molar-refractivity contribution >= 4 is 28.3 Å². The van der Waals surface area contributed by atoms with Gasteiger partial charge in [0.1, 0.15) is 6.20 Å². The number of fused-ring (bicyclic) bond motifs is 1. The zero-order valence-corrected chi connectivity index (χ0v) is 19.6. The van der Waals surface area contributed by atoms with Gasteiger partial charge in [0, 0.05) is 25.8 Å². The number of unbranched alkanes of at least 4 members (excludes halogenated alkanes) is 1. The number of hydrogen-bond donors (Lipinski definition) is 0. The Morgan fingerprint density at radius 2 is 2.21 bits per heavy atom. The highest BCUT2D eigenvalue weighted by atomic mass is 35.5. The molecule has 3 aromatic heterocycles. The van der Waals surface area contributed by atoms with Crippen molar-refractivity contribution in [3.05, 3.63) is 33.5 Å². The minimum Gasteiger partial charge on any atom is -0.472 e. The standard InChI is InChI=1S/C21H28ClN7O4/c1-3-4-6-17-16-12-23-21(22)24-19(16)27(25-17)8-5-9-33-20-18(29(30)31)13-28(26-20)15-7-10-32-14(2)11-15/h12-15H,3-11H2,1-2H3. The first-order chi connectivity index (χ1) is 16.0. The number of hydrogen-bond acceptors (Lipinski definition) is 8. The third-order valence-electron chi connectivity index (χ3n) is 5.76. The Kier molecular flexibility index (Phi) is 7.39. The van der Waals surface area contributed by atoms with Crippen molar-refractivity contribution in [3.63, 3.8) is 0 Å². The molecule has 0 aliphatic carbocycles. The normalized spacial score (nSPS) is 18.6. The molecular formula is C21H28ClN7O4. The molecule has 0 spiro atoms. The molecule has 33 heavy (non-hydrogen) atoms. The lowest BCUT2D eigenvalue weighted by Gasteiger charge is -2.27. The smallest absolute Gasteiger partial charge is 0.350 e. The SMILES string of the molecule is CCCCc1nn(CCCOc2nn(C3CCOC(C)C3)cc2[N+](=O)[O-])c2nc(Cl)ncc12. The van der Waals surface area contributed by atoms with Crippen molar-refractivity contribution < 1.29 is 14.4 Å². The minimum atomic E-state index is -0.457. The fourth-order valence-corrected chi connectivity index (χ4v) is 4.19. The van der Waals surface area contributed by atoms with Gasteiger partial charge in [0.15, 0.2) is 5.65 Å². The van der Waals surface area contributed by atoms with Crippen molar-refractivity contribution in [2.24, 2.45) is 0 Å². The summed E-state index contributed by atoms with van der Waals surface area (Å²) in [5.74, 6) is 0.0403. The van der Waals surface area contributed by atoms with Crippen LogP contribution in [0.25, 0.3) is 11.0 Å². The van der Waals surface area contributed by atoms with E-state index in [1.54, 1.807) is 15.6 Å². The molecule has 4 rings (SSSR count). The average Bonchev–Trinajstić information content (AvgIpc) is 3.37. The average molecular weight is 478 g/mol. The lowest BCUT2D eigenvalue weighted by atomic mass is 10.1. The molecule has 0 amide bonds. The Balaban J connectivity index is 1.42. The van der Waals surface area contributed by atoms with Gasteiger partial charge in [-0.05, 0) is 44.2 Å². The Labute approximate surface area is 196 Å². The molecule has 0 saturated carbocycles. The monoisotopic (exact) mass is 477 g/mol. The van der Waals surface area contributed by atoms with Crippen molar-refractivity contribution in [1.29, 1.82) is 0 Å². The zero-order chi connectivity index (χ0) is 23.4. The molecule has 1 aliphatic rings. The van der Waals surface area contributed by atoms with Crippen LogP contribution in [0.4, 0.5) is 5.69 Å². The van der Waals surface area contributed by atoms with Gasteiger partial charge in [-0.15, -0.1) is 5.10 Å². The lowest BCUT2D eigenvalue weighted by molar-refractivity contribution is -0.386. The summed E-state index contributed by atoms with van der Waals surface area (Å²) in [7, 11) is 0. The van der Waals surface area contributed by atoms with Crippen LogP contribution in [0, 0.1) is 10.1 Å². The second-order valence-corrected chi connectivity index (χ2v) is 8.61. The van der Waals surface area contributed by atoms with Crippen LogP contribution in [-0.4, -0.2) is 53.8 Å². The zero-order valence-electron chi connectivity index (χ0n) is 18.8. The van der Waals surface area contributed by atoms with E-state index in [0.717, 1.165) is 43.2 Å². The van der Waals surface area contributed by atoms with Gasteiger partial charge in [0.05, 0.1) is 34.8 Å². The molecule has 12 heteroatoms. The van der Waals surface area contributed by atoms with Gasteiger partial charge in [0.2, 0.25) is 5.28 Å². The molecule has 0 N–H and O–H groups in total. The van der Waals surface area contributed by atoms with Crippen LogP contribution in [0.15, 0.2) is 12.4 Å². The molecule has 1 aliphatic heterocycles. The molecule has 3 aromatic rings. The maximum absolute atomic E-state index is 11.5. The number of ether oxygens (including phenoxy) is 2. The summed E-state index contributed by atoms with van der Waals surface area (Å²) in [6.07, 6.45) is 8.29. The highest BCUT2D eigenvalue weighted by molar-refractivity contribution is 6.28. The van der Waals surface area contributed by atoms with Gasteiger partial charge < -0.3 is 9.47 Å². The predicted molar refractivity (Wildman–Crippen MR) is 122 cm³/mol. The molecule has 4 heterocycles. The molecule has 178 valence electrons. The summed E-state index contributed by atoms with van der Waals surface area (Å²) >= 11 is 6.00.